The van der Waals surface area contributed by atoms with Gasteiger partial charge in [0.05, 0.1) is 22.6 Å². The zero-order valence-electron chi connectivity index (χ0n) is 17.0. The second-order valence-electron chi connectivity index (χ2n) is 7.78. The summed E-state index contributed by atoms with van der Waals surface area (Å²) >= 11 is 0. The summed E-state index contributed by atoms with van der Waals surface area (Å²) in [6, 6.07) is 20.7. The lowest BCUT2D eigenvalue weighted by atomic mass is 9.92. The Morgan fingerprint density at radius 2 is 1.42 bits per heavy atom. The average molecular weight is 433 g/mol. The Labute approximate surface area is 186 Å². The first-order chi connectivity index (χ1) is 16.0. The van der Waals surface area contributed by atoms with Gasteiger partial charge in [0.2, 0.25) is 5.78 Å². The van der Waals surface area contributed by atoms with Crippen molar-refractivity contribution < 1.29 is 14.7 Å². The monoisotopic (exact) mass is 433 g/mol. The van der Waals surface area contributed by atoms with Crippen molar-refractivity contribution in [1.29, 1.82) is 0 Å². The number of pyridine rings is 1. The Hall–Kier alpha value is -4.78. The number of amides is 1. The maximum absolute atomic E-state index is 13.3. The fourth-order valence-corrected chi connectivity index (χ4v) is 4.38. The second-order valence-corrected chi connectivity index (χ2v) is 7.78. The number of anilines is 1. The number of aromatic hydroxyl groups is 1. The zero-order valence-corrected chi connectivity index (χ0v) is 17.0. The molecular formula is C26H15N3O4. The van der Waals surface area contributed by atoms with Gasteiger partial charge in [-0.2, -0.15) is 0 Å². The highest BCUT2D eigenvalue weighted by molar-refractivity contribution is 6.39. The Morgan fingerprint density at radius 1 is 0.758 bits per heavy atom. The third-order valence-corrected chi connectivity index (χ3v) is 5.90. The van der Waals surface area contributed by atoms with E-state index in [0.29, 0.717) is 33.3 Å². The van der Waals surface area contributed by atoms with Gasteiger partial charge in [-0.15, -0.1) is 0 Å². The lowest BCUT2D eigenvalue weighted by Crippen LogP contribution is -2.28. The molecule has 1 aromatic heterocycles. The van der Waals surface area contributed by atoms with Gasteiger partial charge >= 0.3 is 0 Å². The SMILES string of the molecule is O=C1Nc2ccccc2C(=O)/C1=C1/N=C(c2c(O)c3ccccc3[nH]c2=O)c2ccccc21. The number of benzene rings is 3. The third kappa shape index (κ3) is 2.69. The van der Waals surface area contributed by atoms with E-state index < -0.39 is 17.2 Å². The number of aliphatic imine (C=N–C) groups is 1. The van der Waals surface area contributed by atoms with Crippen molar-refractivity contribution in [2.45, 2.75) is 0 Å². The molecule has 0 aliphatic carbocycles. The van der Waals surface area contributed by atoms with Crippen LogP contribution in [0.4, 0.5) is 5.69 Å². The molecule has 0 saturated heterocycles. The van der Waals surface area contributed by atoms with Crippen LogP contribution >= 0.6 is 0 Å². The predicted molar refractivity (Wildman–Crippen MR) is 125 cm³/mol. The fraction of sp³-hybridized carbons (Fsp3) is 0. The predicted octanol–water partition coefficient (Wildman–Crippen LogP) is 3.63. The number of aromatic amines is 1. The van der Waals surface area contributed by atoms with Gasteiger partial charge in [0, 0.05) is 22.1 Å². The van der Waals surface area contributed by atoms with E-state index in [1.54, 1.807) is 72.8 Å². The minimum Gasteiger partial charge on any atom is -0.506 e. The lowest BCUT2D eigenvalue weighted by molar-refractivity contribution is -0.112. The Kier molecular flexibility index (Phi) is 3.94. The van der Waals surface area contributed by atoms with Crippen molar-refractivity contribution in [1.82, 2.24) is 4.98 Å². The van der Waals surface area contributed by atoms with Crippen LogP contribution in [0.2, 0.25) is 0 Å². The molecule has 7 nitrogen and oxygen atoms in total. The van der Waals surface area contributed by atoms with Crippen LogP contribution in [0, 0.1) is 0 Å². The highest BCUT2D eigenvalue weighted by atomic mass is 16.3. The first-order valence-electron chi connectivity index (χ1n) is 10.3. The summed E-state index contributed by atoms with van der Waals surface area (Å²) in [7, 11) is 0. The summed E-state index contributed by atoms with van der Waals surface area (Å²) in [5.41, 5.74) is 2.13. The molecule has 3 N–H and O–H groups in total. The standard InChI is InChI=1S/C26H15N3O4/c30-23-15-9-3-5-11-17(15)27-25(32)19(23)21-13-7-1-2-8-14(13)22(29-21)20-24(31)16-10-4-6-12-18(16)28-26(20)33/h1-12H,(H,27,32)(H2,28,31,33)/b21-19-. The van der Waals surface area contributed by atoms with Gasteiger partial charge in [0.15, 0.2) is 0 Å². The number of H-pyrrole nitrogens is 1. The van der Waals surface area contributed by atoms with Gasteiger partial charge in [-0.25, -0.2) is 4.99 Å². The van der Waals surface area contributed by atoms with E-state index in [0.717, 1.165) is 0 Å². The highest BCUT2D eigenvalue weighted by Gasteiger charge is 2.36. The number of Topliss-reactive ketones (excluding diaryl/α,β-unsaturated/α-hetero) is 1. The van der Waals surface area contributed by atoms with Crippen molar-refractivity contribution in [3.63, 3.8) is 0 Å². The quantitative estimate of drug-likeness (QED) is 0.314. The normalized spacial score (nSPS) is 16.9. The molecule has 3 aromatic carbocycles. The minimum atomic E-state index is -0.565. The van der Waals surface area contributed by atoms with Gasteiger partial charge < -0.3 is 15.4 Å². The number of para-hydroxylation sites is 2. The summed E-state index contributed by atoms with van der Waals surface area (Å²) in [5, 5.41) is 14.2. The minimum absolute atomic E-state index is 0.0131. The number of nitrogens with zero attached hydrogens (tertiary/aromatic N) is 1. The number of rotatable bonds is 1. The van der Waals surface area contributed by atoms with Crippen LogP contribution < -0.4 is 10.9 Å². The largest absolute Gasteiger partial charge is 0.506 e. The molecule has 2 aliphatic heterocycles. The van der Waals surface area contributed by atoms with Crippen molar-refractivity contribution in [3.05, 3.63) is 111 Å². The Morgan fingerprint density at radius 3 is 2.24 bits per heavy atom. The lowest BCUT2D eigenvalue weighted by Gasteiger charge is -2.19. The molecule has 158 valence electrons. The van der Waals surface area contributed by atoms with Crippen molar-refractivity contribution in [2.24, 2.45) is 4.99 Å². The molecule has 0 saturated carbocycles. The van der Waals surface area contributed by atoms with Gasteiger partial charge in [-0.05, 0) is 24.3 Å². The maximum atomic E-state index is 13.3. The molecule has 4 aromatic rings. The average Bonchev–Trinajstić information content (AvgIpc) is 3.18. The number of fused-ring (bicyclic) bond motifs is 3. The number of nitrogens with one attached hydrogen (secondary N) is 2. The number of hydrogen-bond acceptors (Lipinski definition) is 5. The molecule has 0 radical (unpaired) electrons. The molecule has 33 heavy (non-hydrogen) atoms. The number of carbonyl (C=O) groups excluding carboxylic acids is 2. The first kappa shape index (κ1) is 18.9. The van der Waals surface area contributed by atoms with E-state index in [9.17, 15) is 19.5 Å². The topological polar surface area (TPSA) is 112 Å². The fourth-order valence-electron chi connectivity index (χ4n) is 4.38. The van der Waals surface area contributed by atoms with E-state index >= 15 is 0 Å². The van der Waals surface area contributed by atoms with E-state index in [1.807, 2.05) is 0 Å². The number of carbonyl (C=O) groups is 2. The van der Waals surface area contributed by atoms with Crippen LogP contribution in [-0.2, 0) is 4.79 Å². The van der Waals surface area contributed by atoms with Crippen molar-refractivity contribution >= 4 is 39.7 Å². The van der Waals surface area contributed by atoms with Gasteiger partial charge in [0.25, 0.3) is 11.5 Å². The summed E-state index contributed by atoms with van der Waals surface area (Å²) in [6.07, 6.45) is 0. The van der Waals surface area contributed by atoms with Crippen LogP contribution in [0.25, 0.3) is 16.6 Å². The summed E-state index contributed by atoms with van der Waals surface area (Å²) in [5.74, 6) is -1.22. The number of aromatic nitrogens is 1. The van der Waals surface area contributed by atoms with Crippen LogP contribution in [0.3, 0.4) is 0 Å². The molecule has 0 unspecified atom stereocenters. The molecule has 1 amide bonds. The summed E-state index contributed by atoms with van der Waals surface area (Å²) in [6.45, 7) is 0. The number of hydrogen-bond donors (Lipinski definition) is 3. The molecule has 0 bridgehead atoms. The highest BCUT2D eigenvalue weighted by Crippen LogP contribution is 2.38. The Balaban J connectivity index is 1.65. The number of ketones is 1. The van der Waals surface area contributed by atoms with Gasteiger partial charge in [-0.3, -0.25) is 14.4 Å². The Bertz CT molecular complexity index is 1660. The molecule has 6 rings (SSSR count). The van der Waals surface area contributed by atoms with E-state index in [1.165, 1.54) is 0 Å². The summed E-state index contributed by atoms with van der Waals surface area (Å²) < 4.78 is 0. The van der Waals surface area contributed by atoms with Gasteiger partial charge in [-0.1, -0.05) is 48.5 Å². The molecular weight excluding hydrogens is 418 g/mol. The van der Waals surface area contributed by atoms with Crippen LogP contribution in [0.5, 0.6) is 5.75 Å². The van der Waals surface area contributed by atoms with E-state index in [4.69, 9.17) is 0 Å². The molecule has 2 aliphatic rings. The van der Waals surface area contributed by atoms with Crippen LogP contribution in [0.1, 0.15) is 27.0 Å². The second kappa shape index (κ2) is 6.86. The van der Waals surface area contributed by atoms with E-state index in [2.05, 4.69) is 15.3 Å². The summed E-state index contributed by atoms with van der Waals surface area (Å²) in [4.78, 5) is 46.5. The molecule has 0 atom stereocenters. The third-order valence-electron chi connectivity index (χ3n) is 5.90. The maximum Gasteiger partial charge on any atom is 0.261 e. The molecule has 3 heterocycles. The zero-order chi connectivity index (χ0) is 22.7. The first-order valence-corrected chi connectivity index (χ1v) is 10.3. The molecule has 7 heteroatoms. The smallest absolute Gasteiger partial charge is 0.261 e. The van der Waals surface area contributed by atoms with Crippen LogP contribution in [0.15, 0.2) is 88.2 Å². The van der Waals surface area contributed by atoms with Crippen LogP contribution in [-0.4, -0.2) is 27.5 Å². The van der Waals surface area contributed by atoms with Crippen molar-refractivity contribution in [3.8, 4) is 5.75 Å². The molecule has 0 spiro atoms. The van der Waals surface area contributed by atoms with E-state index in [-0.39, 0.29) is 28.3 Å². The van der Waals surface area contributed by atoms with Gasteiger partial charge in [0.1, 0.15) is 16.9 Å². The van der Waals surface area contributed by atoms with Crippen molar-refractivity contribution in [2.75, 3.05) is 5.32 Å². The molecule has 0 fully saturated rings.